The molecule has 2 heterocycles. The molecule has 2 aromatic heterocycles. The van der Waals surface area contributed by atoms with Gasteiger partial charge in [0.1, 0.15) is 17.2 Å². The number of rotatable bonds is 3. The van der Waals surface area contributed by atoms with Crippen molar-refractivity contribution in [3.63, 3.8) is 0 Å². The Kier molecular flexibility index (Phi) is 4.94. The molecule has 0 aliphatic heterocycles. The van der Waals surface area contributed by atoms with Gasteiger partial charge in [0.05, 0.1) is 34.8 Å². The Morgan fingerprint density at radius 2 is 1.90 bits per heavy atom. The van der Waals surface area contributed by atoms with Crippen molar-refractivity contribution < 1.29 is 23.1 Å². The summed E-state index contributed by atoms with van der Waals surface area (Å²) in [5.41, 5.74) is 0.353. The number of ether oxygens (including phenoxy) is 1. The summed E-state index contributed by atoms with van der Waals surface area (Å²) in [6.45, 7) is 1.72. The molecule has 2 N–H and O–H groups in total. The number of halogens is 2. The van der Waals surface area contributed by atoms with Crippen molar-refractivity contribution in [1.29, 1.82) is 0 Å². The zero-order chi connectivity index (χ0) is 22.3. The van der Waals surface area contributed by atoms with Gasteiger partial charge >= 0.3 is 5.97 Å². The summed E-state index contributed by atoms with van der Waals surface area (Å²) < 4.78 is 32.3. The Bertz CT molecular complexity index is 1450. The van der Waals surface area contributed by atoms with Crippen molar-refractivity contribution in [3.8, 4) is 0 Å². The van der Waals surface area contributed by atoms with Gasteiger partial charge in [-0.15, -0.1) is 0 Å². The van der Waals surface area contributed by atoms with E-state index in [2.05, 4.69) is 15.3 Å². The van der Waals surface area contributed by atoms with E-state index in [4.69, 9.17) is 4.74 Å². The number of methoxy groups -OCH3 is 1. The molecule has 9 heteroatoms. The van der Waals surface area contributed by atoms with Gasteiger partial charge in [-0.25, -0.2) is 13.6 Å². The number of aromatic nitrogens is 2. The number of amides is 1. The number of aromatic amines is 1. The quantitative estimate of drug-likeness (QED) is 0.490. The van der Waals surface area contributed by atoms with Crippen LogP contribution < -0.4 is 10.7 Å². The van der Waals surface area contributed by atoms with Crippen molar-refractivity contribution >= 4 is 39.4 Å². The van der Waals surface area contributed by atoms with Crippen LogP contribution in [-0.2, 0) is 4.74 Å². The maximum Gasteiger partial charge on any atom is 0.337 e. The van der Waals surface area contributed by atoms with Gasteiger partial charge in [0.15, 0.2) is 0 Å². The summed E-state index contributed by atoms with van der Waals surface area (Å²) >= 11 is 0. The predicted octanol–water partition coefficient (Wildman–Crippen LogP) is 3.70. The highest BCUT2D eigenvalue weighted by Gasteiger charge is 2.18. The third-order valence-corrected chi connectivity index (χ3v) is 4.75. The van der Waals surface area contributed by atoms with E-state index >= 15 is 0 Å². The lowest BCUT2D eigenvalue weighted by molar-refractivity contribution is 0.0601. The number of fused-ring (bicyclic) bond motifs is 2. The number of hydrogen-bond acceptors (Lipinski definition) is 5. The lowest BCUT2D eigenvalue weighted by Crippen LogP contribution is -2.23. The van der Waals surface area contributed by atoms with E-state index in [0.717, 1.165) is 12.3 Å². The predicted molar refractivity (Wildman–Crippen MR) is 110 cm³/mol. The number of benzene rings is 2. The van der Waals surface area contributed by atoms with E-state index in [1.165, 1.54) is 13.2 Å². The SMILES string of the molecule is COC(=O)c1ccc2nc(C)cc(NC(=O)c3c[nH]c4cc(F)cc(F)c4c3=O)c2c1. The molecule has 0 saturated heterocycles. The average molecular weight is 423 g/mol. The number of esters is 1. The lowest BCUT2D eigenvalue weighted by Gasteiger charge is -2.11. The van der Waals surface area contributed by atoms with E-state index in [0.29, 0.717) is 28.4 Å². The first-order valence-corrected chi connectivity index (χ1v) is 9.10. The van der Waals surface area contributed by atoms with Crippen LogP contribution in [0.3, 0.4) is 0 Å². The van der Waals surface area contributed by atoms with Crippen LogP contribution in [0.25, 0.3) is 21.8 Å². The van der Waals surface area contributed by atoms with Crippen LogP contribution in [-0.4, -0.2) is 29.0 Å². The van der Waals surface area contributed by atoms with E-state index in [1.54, 1.807) is 25.1 Å². The van der Waals surface area contributed by atoms with Crippen molar-refractivity contribution in [3.05, 3.63) is 81.3 Å². The number of carbonyl (C=O) groups excluding carboxylic acids is 2. The van der Waals surface area contributed by atoms with Crippen LogP contribution in [0.1, 0.15) is 26.4 Å². The Labute approximate surface area is 173 Å². The number of carbonyl (C=O) groups is 2. The fraction of sp³-hybridized carbons (Fsp3) is 0.0909. The van der Waals surface area contributed by atoms with Crippen LogP contribution in [0, 0.1) is 18.6 Å². The standard InChI is InChI=1S/C22H15F2N3O4/c1-10-5-17(13-6-11(22(30)31-2)3-4-16(13)26-10)27-21(29)14-9-25-18-8-12(23)7-15(24)19(18)20(14)28/h3-9H,1-2H3,(H,25,28)(H,26,27,29). The third kappa shape index (κ3) is 3.61. The zero-order valence-corrected chi connectivity index (χ0v) is 16.4. The summed E-state index contributed by atoms with van der Waals surface area (Å²) in [7, 11) is 1.25. The van der Waals surface area contributed by atoms with Gasteiger partial charge in [-0.1, -0.05) is 0 Å². The smallest absolute Gasteiger partial charge is 0.337 e. The van der Waals surface area contributed by atoms with Crippen molar-refractivity contribution in [2.24, 2.45) is 0 Å². The molecule has 0 spiro atoms. The molecule has 0 unspecified atom stereocenters. The maximum absolute atomic E-state index is 14.1. The highest BCUT2D eigenvalue weighted by atomic mass is 19.1. The number of aryl methyl sites for hydroxylation is 1. The fourth-order valence-corrected chi connectivity index (χ4v) is 3.33. The van der Waals surface area contributed by atoms with Crippen molar-refractivity contribution in [1.82, 2.24) is 9.97 Å². The second-order valence-electron chi connectivity index (χ2n) is 6.83. The van der Waals surface area contributed by atoms with Crippen molar-refractivity contribution in [2.75, 3.05) is 12.4 Å². The molecule has 0 saturated carbocycles. The highest BCUT2D eigenvalue weighted by molar-refractivity contribution is 6.10. The summed E-state index contributed by atoms with van der Waals surface area (Å²) in [5, 5.41) is 2.65. The molecular weight excluding hydrogens is 408 g/mol. The first-order chi connectivity index (χ1) is 14.8. The molecule has 4 aromatic rings. The minimum atomic E-state index is -1.07. The van der Waals surface area contributed by atoms with Gasteiger partial charge in [0.2, 0.25) is 5.43 Å². The first kappa shape index (κ1) is 20.1. The Morgan fingerprint density at radius 3 is 2.65 bits per heavy atom. The molecular formula is C22H15F2N3O4. The molecule has 0 atom stereocenters. The van der Waals surface area contributed by atoms with Gasteiger partial charge < -0.3 is 15.0 Å². The number of H-pyrrole nitrogens is 1. The molecule has 1 amide bonds. The number of anilines is 1. The largest absolute Gasteiger partial charge is 0.465 e. The van der Waals surface area contributed by atoms with Crippen LogP contribution in [0.4, 0.5) is 14.5 Å². The number of nitrogens with zero attached hydrogens (tertiary/aromatic N) is 1. The lowest BCUT2D eigenvalue weighted by atomic mass is 10.1. The summed E-state index contributed by atoms with van der Waals surface area (Å²) in [6, 6.07) is 7.78. The molecule has 0 aliphatic carbocycles. The molecule has 0 bridgehead atoms. The number of hydrogen-bond donors (Lipinski definition) is 2. The van der Waals surface area contributed by atoms with E-state index in [1.807, 2.05) is 0 Å². The minimum Gasteiger partial charge on any atom is -0.465 e. The highest BCUT2D eigenvalue weighted by Crippen LogP contribution is 2.25. The summed E-state index contributed by atoms with van der Waals surface area (Å²) in [4.78, 5) is 44.3. The average Bonchev–Trinajstić information content (AvgIpc) is 2.72. The molecule has 0 aliphatic rings. The third-order valence-electron chi connectivity index (χ3n) is 4.75. The van der Waals surface area contributed by atoms with E-state index in [9.17, 15) is 23.2 Å². The molecule has 156 valence electrons. The molecule has 0 fully saturated rings. The number of nitrogens with one attached hydrogen (secondary N) is 2. The molecule has 7 nitrogen and oxygen atoms in total. The molecule has 2 aromatic carbocycles. The van der Waals surface area contributed by atoms with Gasteiger partial charge in [-0.3, -0.25) is 14.6 Å². The fourth-order valence-electron chi connectivity index (χ4n) is 3.33. The number of pyridine rings is 2. The first-order valence-electron chi connectivity index (χ1n) is 9.10. The Hall–Kier alpha value is -4.14. The minimum absolute atomic E-state index is 0.0630. The summed E-state index contributed by atoms with van der Waals surface area (Å²) in [6.07, 6.45) is 1.09. The Morgan fingerprint density at radius 1 is 1.13 bits per heavy atom. The van der Waals surface area contributed by atoms with Crippen LogP contribution in [0.2, 0.25) is 0 Å². The van der Waals surface area contributed by atoms with E-state index in [-0.39, 0.29) is 16.6 Å². The zero-order valence-electron chi connectivity index (χ0n) is 16.4. The van der Waals surface area contributed by atoms with Crippen LogP contribution in [0.15, 0.2) is 47.4 Å². The van der Waals surface area contributed by atoms with Crippen molar-refractivity contribution in [2.45, 2.75) is 6.92 Å². The van der Waals surface area contributed by atoms with Crippen LogP contribution in [0.5, 0.6) is 0 Å². The van der Waals surface area contributed by atoms with Gasteiger partial charge in [0, 0.05) is 23.3 Å². The van der Waals surface area contributed by atoms with E-state index < -0.39 is 34.3 Å². The second-order valence-corrected chi connectivity index (χ2v) is 6.83. The topological polar surface area (TPSA) is 101 Å². The monoisotopic (exact) mass is 423 g/mol. The van der Waals surface area contributed by atoms with Gasteiger partial charge in [0.25, 0.3) is 5.91 Å². The van der Waals surface area contributed by atoms with Crippen LogP contribution >= 0.6 is 0 Å². The normalized spacial score (nSPS) is 11.0. The van der Waals surface area contributed by atoms with Gasteiger partial charge in [-0.2, -0.15) is 0 Å². The molecule has 31 heavy (non-hydrogen) atoms. The molecule has 0 radical (unpaired) electrons. The molecule has 4 rings (SSSR count). The summed E-state index contributed by atoms with van der Waals surface area (Å²) in [5.74, 6) is -3.28. The maximum atomic E-state index is 14.1. The van der Waals surface area contributed by atoms with Gasteiger partial charge in [-0.05, 0) is 37.3 Å². The Balaban J connectivity index is 1.81. The second kappa shape index (κ2) is 7.60.